The van der Waals surface area contributed by atoms with E-state index in [0.29, 0.717) is 16.8 Å². The first-order valence-electron chi connectivity index (χ1n) is 6.12. The van der Waals surface area contributed by atoms with Crippen LogP contribution in [0.5, 0.6) is 0 Å². The summed E-state index contributed by atoms with van der Waals surface area (Å²) in [6.45, 7) is 2.51. The van der Waals surface area contributed by atoms with Gasteiger partial charge in [-0.2, -0.15) is 0 Å². The van der Waals surface area contributed by atoms with E-state index in [9.17, 15) is 4.79 Å². The summed E-state index contributed by atoms with van der Waals surface area (Å²) in [5.41, 5.74) is 3.39. The average Bonchev–Trinajstić information content (AvgIpc) is 2.99. The number of nitrogens with zero attached hydrogens (tertiary/aromatic N) is 1. The highest BCUT2D eigenvalue weighted by atomic mass is 79.9. The van der Waals surface area contributed by atoms with Crippen LogP contribution in [0.4, 0.5) is 0 Å². The van der Waals surface area contributed by atoms with E-state index >= 15 is 0 Å². The topological polar surface area (TPSA) is 48.3 Å². The molecular weight excluding hydrogens is 390 g/mol. The van der Waals surface area contributed by atoms with Crippen molar-refractivity contribution in [1.29, 1.82) is 0 Å². The molecule has 2 heterocycles. The van der Waals surface area contributed by atoms with E-state index in [2.05, 4.69) is 31.9 Å². The van der Waals surface area contributed by atoms with Crippen molar-refractivity contribution in [3.05, 3.63) is 56.9 Å². The zero-order valence-electron chi connectivity index (χ0n) is 10.6. The molecule has 0 fully saturated rings. The smallest absolute Gasteiger partial charge is 0.419 e. The van der Waals surface area contributed by atoms with E-state index in [1.165, 1.54) is 0 Å². The van der Waals surface area contributed by atoms with Gasteiger partial charge in [0, 0.05) is 12.1 Å². The predicted molar refractivity (Wildman–Crippen MR) is 83.3 cm³/mol. The molecule has 0 N–H and O–H groups in total. The lowest BCUT2D eigenvalue weighted by atomic mass is 10.1. The van der Waals surface area contributed by atoms with Crippen molar-refractivity contribution >= 4 is 43.0 Å². The van der Waals surface area contributed by atoms with Gasteiger partial charge in [-0.15, -0.1) is 0 Å². The first kappa shape index (κ1) is 13.7. The molecule has 3 aromatic rings. The Labute approximate surface area is 131 Å². The van der Waals surface area contributed by atoms with Gasteiger partial charge in [0.1, 0.15) is 0 Å². The van der Waals surface area contributed by atoms with Crippen LogP contribution in [-0.2, 0) is 6.54 Å². The minimum atomic E-state index is -0.324. The average molecular weight is 401 g/mol. The number of oxazole rings is 1. The molecular formula is C14H11Br2NO3. The van der Waals surface area contributed by atoms with Gasteiger partial charge in [-0.25, -0.2) is 4.79 Å². The number of benzene rings is 1. The van der Waals surface area contributed by atoms with Gasteiger partial charge < -0.3 is 8.83 Å². The molecule has 0 saturated carbocycles. The van der Waals surface area contributed by atoms with Gasteiger partial charge in [0.05, 0.1) is 16.6 Å². The molecule has 1 unspecified atom stereocenters. The number of halogens is 2. The number of aromatic nitrogens is 1. The van der Waals surface area contributed by atoms with E-state index in [4.69, 9.17) is 8.83 Å². The van der Waals surface area contributed by atoms with Crippen molar-refractivity contribution in [1.82, 2.24) is 4.57 Å². The normalized spacial score (nSPS) is 12.9. The number of fused-ring (bicyclic) bond motifs is 1. The highest BCUT2D eigenvalue weighted by molar-refractivity contribution is 9.10. The highest BCUT2D eigenvalue weighted by Crippen LogP contribution is 2.36. The minimum absolute atomic E-state index is 0.0321. The van der Waals surface area contributed by atoms with Gasteiger partial charge in [0.25, 0.3) is 0 Å². The lowest BCUT2D eigenvalue weighted by Crippen LogP contribution is -2.11. The van der Waals surface area contributed by atoms with E-state index in [1.807, 2.05) is 31.2 Å². The standard InChI is InChI=1S/C14H11Br2NO3/c1-2-17-10-4-3-8(7-11(10)20-14(17)18)12(15)9-5-6-19-13(9)16/h3-7,12H,2H2,1H3. The summed E-state index contributed by atoms with van der Waals surface area (Å²) in [4.78, 5) is 11.7. The highest BCUT2D eigenvalue weighted by Gasteiger charge is 2.17. The maximum Gasteiger partial charge on any atom is 0.419 e. The van der Waals surface area contributed by atoms with Crippen molar-refractivity contribution in [3.63, 3.8) is 0 Å². The fraction of sp³-hybridized carbons (Fsp3) is 0.214. The van der Waals surface area contributed by atoms with Crippen molar-refractivity contribution in [3.8, 4) is 0 Å². The van der Waals surface area contributed by atoms with Gasteiger partial charge in [-0.05, 0) is 46.6 Å². The van der Waals surface area contributed by atoms with Crippen molar-refractivity contribution in [2.75, 3.05) is 0 Å². The molecule has 6 heteroatoms. The summed E-state index contributed by atoms with van der Waals surface area (Å²) in [5.74, 6) is -0.324. The molecule has 0 amide bonds. The molecule has 2 aromatic heterocycles. The molecule has 20 heavy (non-hydrogen) atoms. The Morgan fingerprint density at radius 1 is 1.35 bits per heavy atom. The summed E-state index contributed by atoms with van der Waals surface area (Å²) in [6.07, 6.45) is 1.62. The van der Waals surface area contributed by atoms with Crippen LogP contribution >= 0.6 is 31.9 Å². The van der Waals surface area contributed by atoms with Crippen molar-refractivity contribution < 1.29 is 8.83 Å². The summed E-state index contributed by atoms with van der Waals surface area (Å²) in [6, 6.07) is 7.65. The molecule has 0 bridgehead atoms. The Morgan fingerprint density at radius 3 is 2.80 bits per heavy atom. The van der Waals surface area contributed by atoms with E-state index < -0.39 is 0 Å². The van der Waals surface area contributed by atoms with Gasteiger partial charge in [0.15, 0.2) is 10.3 Å². The zero-order valence-corrected chi connectivity index (χ0v) is 13.8. The lowest BCUT2D eigenvalue weighted by molar-refractivity contribution is 0.513. The molecule has 0 saturated heterocycles. The van der Waals surface area contributed by atoms with Gasteiger partial charge in [0.2, 0.25) is 0 Å². The first-order chi connectivity index (χ1) is 9.61. The Balaban J connectivity index is 2.10. The Kier molecular flexibility index (Phi) is 3.60. The van der Waals surface area contributed by atoms with E-state index in [-0.39, 0.29) is 10.6 Å². The summed E-state index contributed by atoms with van der Waals surface area (Å²) >= 11 is 7.00. The maximum atomic E-state index is 11.7. The fourth-order valence-electron chi connectivity index (χ4n) is 2.20. The first-order valence-corrected chi connectivity index (χ1v) is 7.83. The minimum Gasteiger partial charge on any atom is -0.457 e. The molecule has 0 aliphatic heterocycles. The number of rotatable bonds is 3. The van der Waals surface area contributed by atoms with E-state index in [1.54, 1.807) is 10.8 Å². The monoisotopic (exact) mass is 399 g/mol. The number of hydrogen-bond acceptors (Lipinski definition) is 3. The van der Waals surface area contributed by atoms with Gasteiger partial charge in [-0.3, -0.25) is 4.57 Å². The van der Waals surface area contributed by atoms with Crippen LogP contribution in [0.2, 0.25) is 0 Å². The zero-order chi connectivity index (χ0) is 14.3. The van der Waals surface area contributed by atoms with Crippen LogP contribution in [0.15, 0.2) is 48.8 Å². The van der Waals surface area contributed by atoms with Gasteiger partial charge >= 0.3 is 5.76 Å². The van der Waals surface area contributed by atoms with Crippen LogP contribution in [0.25, 0.3) is 11.1 Å². The largest absolute Gasteiger partial charge is 0.457 e. The second kappa shape index (κ2) is 5.26. The molecule has 3 rings (SSSR count). The van der Waals surface area contributed by atoms with Gasteiger partial charge in [-0.1, -0.05) is 22.0 Å². The Bertz CT molecular complexity index is 815. The molecule has 0 radical (unpaired) electrons. The van der Waals surface area contributed by atoms with Crippen LogP contribution < -0.4 is 5.76 Å². The summed E-state index contributed by atoms with van der Waals surface area (Å²) in [7, 11) is 0. The number of aryl methyl sites for hydroxylation is 1. The molecule has 1 aromatic carbocycles. The maximum absolute atomic E-state index is 11.7. The Morgan fingerprint density at radius 2 is 2.15 bits per heavy atom. The molecule has 0 spiro atoms. The van der Waals surface area contributed by atoms with E-state index in [0.717, 1.165) is 16.6 Å². The molecule has 1 atom stereocenters. The third-order valence-electron chi connectivity index (χ3n) is 3.22. The summed E-state index contributed by atoms with van der Waals surface area (Å²) in [5, 5.41) is 0. The number of furan rings is 1. The SMILES string of the molecule is CCn1c(=O)oc2cc(C(Br)c3ccoc3Br)ccc21. The van der Waals surface area contributed by atoms with Crippen LogP contribution in [0.3, 0.4) is 0 Å². The van der Waals surface area contributed by atoms with Crippen LogP contribution in [-0.4, -0.2) is 4.57 Å². The second-order valence-corrected chi connectivity index (χ2v) is 5.99. The number of alkyl halides is 1. The predicted octanol–water partition coefficient (Wildman–Crippen LogP) is 4.45. The summed E-state index contributed by atoms with van der Waals surface area (Å²) < 4.78 is 12.8. The third-order valence-corrected chi connectivity index (χ3v) is 4.89. The molecule has 0 aliphatic carbocycles. The van der Waals surface area contributed by atoms with Crippen molar-refractivity contribution in [2.24, 2.45) is 0 Å². The quantitative estimate of drug-likeness (QED) is 0.610. The van der Waals surface area contributed by atoms with Crippen LogP contribution in [0.1, 0.15) is 22.9 Å². The fourth-order valence-corrected chi connectivity index (χ4v) is 3.63. The lowest BCUT2D eigenvalue weighted by Gasteiger charge is -2.08. The Hall–Kier alpha value is -1.27. The third kappa shape index (κ3) is 2.16. The van der Waals surface area contributed by atoms with Crippen LogP contribution in [0, 0.1) is 0 Å². The molecule has 4 nitrogen and oxygen atoms in total. The number of hydrogen-bond donors (Lipinski definition) is 0. The van der Waals surface area contributed by atoms with Crippen molar-refractivity contribution in [2.45, 2.75) is 18.3 Å². The molecule has 104 valence electrons. The second-order valence-electron chi connectivity index (χ2n) is 4.35. The molecule has 0 aliphatic rings.